The molecule has 0 aliphatic heterocycles. The van der Waals surface area contributed by atoms with Gasteiger partial charge in [-0.1, -0.05) is 17.7 Å². The molecule has 1 aliphatic rings. The summed E-state index contributed by atoms with van der Waals surface area (Å²) in [6, 6.07) is 15.0. The molecule has 3 aromatic rings. The van der Waals surface area contributed by atoms with Crippen molar-refractivity contribution in [3.8, 4) is 23.1 Å². The van der Waals surface area contributed by atoms with Gasteiger partial charge in [-0.05, 0) is 75.1 Å². The van der Waals surface area contributed by atoms with Crippen LogP contribution in [0.4, 0.5) is 0 Å². The van der Waals surface area contributed by atoms with Crippen LogP contribution in [0.3, 0.4) is 0 Å². The van der Waals surface area contributed by atoms with Gasteiger partial charge in [0.05, 0.1) is 36.8 Å². The van der Waals surface area contributed by atoms with E-state index in [9.17, 15) is 5.11 Å². The maximum atomic E-state index is 10.6. The lowest BCUT2D eigenvalue weighted by Crippen LogP contribution is -2.36. The summed E-state index contributed by atoms with van der Waals surface area (Å²) in [5, 5.41) is 16.0. The Morgan fingerprint density at radius 3 is 2.57 bits per heavy atom. The second kappa shape index (κ2) is 11.9. The van der Waals surface area contributed by atoms with Crippen LogP contribution >= 0.6 is 11.6 Å². The van der Waals surface area contributed by atoms with Gasteiger partial charge in [-0.2, -0.15) is 5.10 Å². The molecule has 8 heteroatoms. The fourth-order valence-corrected chi connectivity index (χ4v) is 4.25. The van der Waals surface area contributed by atoms with Crippen LogP contribution in [0, 0.1) is 12.8 Å². The zero-order chi connectivity index (χ0) is 24.8. The number of ether oxygens (including phenoxy) is 3. The maximum absolute atomic E-state index is 10.6. The highest BCUT2D eigenvalue weighted by Crippen LogP contribution is 2.35. The molecule has 2 aromatic carbocycles. The average molecular weight is 500 g/mol. The number of halogens is 1. The zero-order valence-electron chi connectivity index (χ0n) is 20.6. The fourth-order valence-electron chi connectivity index (χ4n) is 4.06. The molecule has 1 aliphatic carbocycles. The van der Waals surface area contributed by atoms with Gasteiger partial charge in [0.1, 0.15) is 11.5 Å². The van der Waals surface area contributed by atoms with Crippen molar-refractivity contribution < 1.29 is 19.3 Å². The van der Waals surface area contributed by atoms with Crippen molar-refractivity contribution in [1.82, 2.24) is 14.7 Å². The van der Waals surface area contributed by atoms with E-state index in [-0.39, 0.29) is 0 Å². The summed E-state index contributed by atoms with van der Waals surface area (Å²) >= 11 is 6.29. The van der Waals surface area contributed by atoms with Gasteiger partial charge in [-0.15, -0.1) is 0 Å². The quantitative estimate of drug-likeness (QED) is 0.346. The number of hydrogen-bond donors (Lipinski definition) is 1. The third kappa shape index (κ3) is 6.98. The standard InChI is InChI=1S/C27H34ClN3O4/c1-4-34-18-23(32)16-30(15-20-8-9-20)17-26-19(2)29-31(22-7-5-6-21(28)14-22)27(26)35-25-12-10-24(33-3)11-13-25/h5-7,10-14,20,23,32H,4,8-9,15-18H2,1-3H3/t23-/m0/s1. The molecule has 1 heterocycles. The topological polar surface area (TPSA) is 69.0 Å². The zero-order valence-corrected chi connectivity index (χ0v) is 21.4. The van der Waals surface area contributed by atoms with Gasteiger partial charge in [0, 0.05) is 31.3 Å². The Hall–Kier alpha value is -2.58. The van der Waals surface area contributed by atoms with Gasteiger partial charge in [0.2, 0.25) is 5.88 Å². The predicted molar refractivity (Wildman–Crippen MR) is 137 cm³/mol. The lowest BCUT2D eigenvalue weighted by molar-refractivity contribution is 0.0186. The van der Waals surface area contributed by atoms with Crippen LogP contribution in [0.2, 0.25) is 5.02 Å². The third-order valence-electron chi connectivity index (χ3n) is 6.04. The summed E-state index contributed by atoms with van der Waals surface area (Å²) < 4.78 is 19.0. The minimum Gasteiger partial charge on any atom is -0.497 e. The van der Waals surface area contributed by atoms with Crippen LogP contribution in [-0.2, 0) is 11.3 Å². The number of aliphatic hydroxyl groups is 1. The molecule has 0 saturated heterocycles. The predicted octanol–water partition coefficient (Wildman–Crippen LogP) is 5.24. The summed E-state index contributed by atoms with van der Waals surface area (Å²) in [4.78, 5) is 2.29. The van der Waals surface area contributed by atoms with E-state index in [1.807, 2.05) is 62.4 Å². The van der Waals surface area contributed by atoms with Crippen molar-refractivity contribution in [3.05, 3.63) is 64.8 Å². The number of aliphatic hydroxyl groups excluding tert-OH is 1. The van der Waals surface area contributed by atoms with E-state index in [0.717, 1.165) is 29.2 Å². The molecule has 0 amide bonds. The molecule has 0 radical (unpaired) electrons. The van der Waals surface area contributed by atoms with Gasteiger partial charge >= 0.3 is 0 Å². The number of nitrogens with zero attached hydrogens (tertiary/aromatic N) is 3. The first-order chi connectivity index (χ1) is 17.0. The number of methoxy groups -OCH3 is 1. The lowest BCUT2D eigenvalue weighted by atomic mass is 10.2. The van der Waals surface area contributed by atoms with Gasteiger partial charge in [-0.3, -0.25) is 4.90 Å². The summed E-state index contributed by atoms with van der Waals surface area (Å²) in [7, 11) is 1.64. The van der Waals surface area contributed by atoms with E-state index in [1.54, 1.807) is 11.8 Å². The first kappa shape index (κ1) is 25.5. The number of benzene rings is 2. The van der Waals surface area contributed by atoms with Gasteiger partial charge in [0.25, 0.3) is 0 Å². The van der Waals surface area contributed by atoms with Crippen molar-refractivity contribution >= 4 is 11.6 Å². The molecule has 0 unspecified atom stereocenters. The number of hydrogen-bond acceptors (Lipinski definition) is 6. The van der Waals surface area contributed by atoms with Crippen LogP contribution in [0.1, 0.15) is 31.0 Å². The van der Waals surface area contributed by atoms with E-state index in [4.69, 9.17) is 30.9 Å². The minimum absolute atomic E-state index is 0.327. The molecule has 1 aromatic heterocycles. The van der Waals surface area contributed by atoms with Crippen molar-refractivity contribution in [3.63, 3.8) is 0 Å². The van der Waals surface area contributed by atoms with Crippen LogP contribution in [0.25, 0.3) is 5.69 Å². The molecule has 1 N–H and O–H groups in total. The molecular formula is C27H34ClN3O4. The summed E-state index contributed by atoms with van der Waals surface area (Å²) in [5.41, 5.74) is 2.67. The fraction of sp³-hybridized carbons (Fsp3) is 0.444. The van der Waals surface area contributed by atoms with Crippen LogP contribution < -0.4 is 9.47 Å². The SMILES string of the molecule is CCOC[C@@H](O)CN(Cc1c(C)nn(-c2cccc(Cl)c2)c1Oc1ccc(OC)cc1)CC1CC1. The Morgan fingerprint density at radius 2 is 1.91 bits per heavy atom. The maximum Gasteiger partial charge on any atom is 0.227 e. The molecule has 0 bridgehead atoms. The molecule has 4 rings (SSSR count). The molecule has 1 saturated carbocycles. The molecule has 0 spiro atoms. The molecule has 188 valence electrons. The van der Waals surface area contributed by atoms with E-state index >= 15 is 0 Å². The summed E-state index contributed by atoms with van der Waals surface area (Å²) in [5.74, 6) is 2.75. The van der Waals surface area contributed by atoms with Crippen molar-refractivity contribution in [2.45, 2.75) is 39.3 Å². The molecule has 35 heavy (non-hydrogen) atoms. The lowest BCUT2D eigenvalue weighted by Gasteiger charge is -2.25. The molecule has 1 atom stereocenters. The van der Waals surface area contributed by atoms with E-state index < -0.39 is 6.10 Å². The van der Waals surface area contributed by atoms with E-state index in [1.165, 1.54) is 12.8 Å². The number of rotatable bonds is 13. The second-order valence-electron chi connectivity index (χ2n) is 8.99. The first-order valence-electron chi connectivity index (χ1n) is 12.1. The van der Waals surface area contributed by atoms with Crippen LogP contribution in [0.5, 0.6) is 17.4 Å². The normalized spacial score (nSPS) is 14.3. The Bertz CT molecular complexity index is 1100. The number of aryl methyl sites for hydroxylation is 1. The highest BCUT2D eigenvalue weighted by atomic mass is 35.5. The second-order valence-corrected chi connectivity index (χ2v) is 9.43. The average Bonchev–Trinajstić information content (AvgIpc) is 3.62. The molecular weight excluding hydrogens is 466 g/mol. The van der Waals surface area contributed by atoms with Crippen molar-refractivity contribution in [2.75, 3.05) is 33.4 Å². The summed E-state index contributed by atoms with van der Waals surface area (Å²) in [6.45, 7) is 6.90. The van der Waals surface area contributed by atoms with Gasteiger partial charge < -0.3 is 19.3 Å². The molecule has 7 nitrogen and oxygen atoms in total. The Balaban J connectivity index is 1.66. The van der Waals surface area contributed by atoms with E-state index in [0.29, 0.717) is 48.9 Å². The highest BCUT2D eigenvalue weighted by molar-refractivity contribution is 6.30. The highest BCUT2D eigenvalue weighted by Gasteiger charge is 2.28. The number of aromatic nitrogens is 2. The minimum atomic E-state index is -0.553. The van der Waals surface area contributed by atoms with Crippen LogP contribution in [-0.4, -0.2) is 59.3 Å². The Kier molecular flexibility index (Phi) is 8.68. The van der Waals surface area contributed by atoms with Gasteiger partial charge in [-0.25, -0.2) is 4.68 Å². The van der Waals surface area contributed by atoms with E-state index in [2.05, 4.69) is 4.90 Å². The van der Waals surface area contributed by atoms with Crippen molar-refractivity contribution in [1.29, 1.82) is 0 Å². The Labute approximate surface area is 212 Å². The smallest absolute Gasteiger partial charge is 0.227 e. The first-order valence-corrected chi connectivity index (χ1v) is 12.5. The summed E-state index contributed by atoms with van der Waals surface area (Å²) in [6.07, 6.45) is 1.91. The molecule has 1 fully saturated rings. The van der Waals surface area contributed by atoms with Crippen LogP contribution in [0.15, 0.2) is 48.5 Å². The van der Waals surface area contributed by atoms with Gasteiger partial charge in [0.15, 0.2) is 0 Å². The largest absolute Gasteiger partial charge is 0.497 e. The van der Waals surface area contributed by atoms with Crippen molar-refractivity contribution in [2.24, 2.45) is 5.92 Å². The monoisotopic (exact) mass is 499 g/mol. The third-order valence-corrected chi connectivity index (χ3v) is 6.28. The Morgan fingerprint density at radius 1 is 1.17 bits per heavy atom.